The van der Waals surface area contributed by atoms with Gasteiger partial charge in [-0.15, -0.1) is 0 Å². The minimum absolute atomic E-state index is 0.00175. The van der Waals surface area contributed by atoms with Crippen LogP contribution in [0.3, 0.4) is 0 Å². The van der Waals surface area contributed by atoms with E-state index in [9.17, 15) is 9.59 Å². The lowest BCUT2D eigenvalue weighted by atomic mass is 10.3. The van der Waals surface area contributed by atoms with Gasteiger partial charge in [0.15, 0.2) is 5.16 Å². The van der Waals surface area contributed by atoms with Crippen molar-refractivity contribution in [3.05, 3.63) is 50.1 Å². The van der Waals surface area contributed by atoms with Crippen LogP contribution in [0, 0.1) is 6.92 Å². The van der Waals surface area contributed by atoms with E-state index in [4.69, 9.17) is 27.9 Å². The SMILES string of the molecule is CCNCOC(=O)n1c(SCc2c(Cl)cncc2Cl)nc(C)cc1=O. The van der Waals surface area contributed by atoms with Gasteiger partial charge in [0.2, 0.25) is 0 Å². The number of aromatic nitrogens is 3. The Hall–Kier alpha value is -1.61. The van der Waals surface area contributed by atoms with Gasteiger partial charge in [-0.05, 0) is 13.5 Å². The third kappa shape index (κ3) is 5.18. The smallest absolute Gasteiger partial charge is 0.424 e. The van der Waals surface area contributed by atoms with Gasteiger partial charge in [0.25, 0.3) is 5.56 Å². The van der Waals surface area contributed by atoms with Crippen LogP contribution in [0.4, 0.5) is 4.79 Å². The van der Waals surface area contributed by atoms with Gasteiger partial charge in [0.05, 0.1) is 10.0 Å². The summed E-state index contributed by atoms with van der Waals surface area (Å²) in [5.74, 6) is 0.316. The Kier molecular flexibility index (Phi) is 7.24. The van der Waals surface area contributed by atoms with E-state index in [1.54, 1.807) is 6.92 Å². The summed E-state index contributed by atoms with van der Waals surface area (Å²) >= 11 is 13.4. The van der Waals surface area contributed by atoms with E-state index in [0.29, 0.717) is 33.6 Å². The summed E-state index contributed by atoms with van der Waals surface area (Å²) in [4.78, 5) is 32.6. The van der Waals surface area contributed by atoms with Crippen LogP contribution in [0.25, 0.3) is 0 Å². The van der Waals surface area contributed by atoms with E-state index in [1.807, 2.05) is 6.92 Å². The first kappa shape index (κ1) is 19.7. The van der Waals surface area contributed by atoms with Crippen molar-refractivity contribution in [2.75, 3.05) is 13.3 Å². The standard InChI is InChI=1S/C15H16Cl2N4O3S/c1-3-18-8-24-15(23)21-13(22)4-9(2)20-14(21)25-7-10-11(16)5-19-6-12(10)17/h4-6,18H,3,7-8H2,1-2H3. The molecule has 0 spiro atoms. The van der Waals surface area contributed by atoms with E-state index < -0.39 is 11.7 Å². The molecule has 0 saturated heterocycles. The molecule has 1 N–H and O–H groups in total. The number of nitrogens with zero attached hydrogens (tertiary/aromatic N) is 3. The van der Waals surface area contributed by atoms with E-state index in [1.165, 1.54) is 18.5 Å². The molecule has 10 heteroatoms. The largest absolute Gasteiger partial charge is 0.433 e. The van der Waals surface area contributed by atoms with Crippen LogP contribution in [0.1, 0.15) is 18.2 Å². The molecule has 25 heavy (non-hydrogen) atoms. The maximum absolute atomic E-state index is 12.2. The van der Waals surface area contributed by atoms with Crippen molar-refractivity contribution >= 4 is 41.1 Å². The van der Waals surface area contributed by atoms with Gasteiger partial charge in [-0.1, -0.05) is 41.9 Å². The second kappa shape index (κ2) is 9.19. The molecule has 0 radical (unpaired) electrons. The van der Waals surface area contributed by atoms with Crippen LogP contribution >= 0.6 is 35.0 Å². The number of ether oxygens (including phenoxy) is 1. The summed E-state index contributed by atoms with van der Waals surface area (Å²) in [6, 6.07) is 1.27. The molecule has 2 aromatic heterocycles. The van der Waals surface area contributed by atoms with Crippen molar-refractivity contribution in [1.29, 1.82) is 0 Å². The number of thioether (sulfide) groups is 1. The molecule has 0 atom stereocenters. The second-order valence-electron chi connectivity index (χ2n) is 4.88. The molecule has 0 aliphatic rings. The number of hydrogen-bond donors (Lipinski definition) is 1. The normalized spacial score (nSPS) is 10.7. The van der Waals surface area contributed by atoms with Crippen LogP contribution < -0.4 is 10.9 Å². The monoisotopic (exact) mass is 402 g/mol. The zero-order chi connectivity index (χ0) is 18.4. The average molecular weight is 403 g/mol. The molecular weight excluding hydrogens is 387 g/mol. The summed E-state index contributed by atoms with van der Waals surface area (Å²) in [6.45, 7) is 4.18. The van der Waals surface area contributed by atoms with E-state index in [-0.39, 0.29) is 11.9 Å². The van der Waals surface area contributed by atoms with E-state index in [0.717, 1.165) is 16.3 Å². The van der Waals surface area contributed by atoms with Crippen molar-refractivity contribution in [2.24, 2.45) is 0 Å². The lowest BCUT2D eigenvalue weighted by Gasteiger charge is -2.12. The number of halogens is 2. The van der Waals surface area contributed by atoms with Crippen molar-refractivity contribution in [3.63, 3.8) is 0 Å². The molecule has 0 amide bonds. The fraction of sp³-hybridized carbons (Fsp3) is 0.333. The highest BCUT2D eigenvalue weighted by molar-refractivity contribution is 7.98. The summed E-state index contributed by atoms with van der Waals surface area (Å²) in [5.41, 5.74) is 0.630. The summed E-state index contributed by atoms with van der Waals surface area (Å²) in [6.07, 6.45) is 2.16. The first-order valence-electron chi connectivity index (χ1n) is 7.33. The van der Waals surface area contributed by atoms with Crippen LogP contribution in [-0.2, 0) is 10.5 Å². The summed E-state index contributed by atoms with van der Waals surface area (Å²) < 4.78 is 5.91. The van der Waals surface area contributed by atoms with Gasteiger partial charge in [0.1, 0.15) is 6.73 Å². The molecule has 0 aliphatic heterocycles. The number of hydrogen-bond acceptors (Lipinski definition) is 7. The number of carbonyl (C=O) groups excluding carboxylic acids is 1. The van der Waals surface area contributed by atoms with Crippen molar-refractivity contribution < 1.29 is 9.53 Å². The molecule has 0 bridgehead atoms. The molecule has 2 heterocycles. The Bertz CT molecular complexity index is 809. The Labute approximate surface area is 158 Å². The summed E-state index contributed by atoms with van der Waals surface area (Å²) in [5, 5.41) is 3.85. The molecule has 2 aromatic rings. The maximum Gasteiger partial charge on any atom is 0.424 e. The zero-order valence-electron chi connectivity index (χ0n) is 13.6. The highest BCUT2D eigenvalue weighted by atomic mass is 35.5. The lowest BCUT2D eigenvalue weighted by Crippen LogP contribution is -2.32. The van der Waals surface area contributed by atoms with Gasteiger partial charge >= 0.3 is 6.09 Å². The fourth-order valence-corrected chi connectivity index (χ4v) is 3.57. The highest BCUT2D eigenvalue weighted by Gasteiger charge is 2.17. The molecule has 7 nitrogen and oxygen atoms in total. The lowest BCUT2D eigenvalue weighted by molar-refractivity contribution is 0.135. The van der Waals surface area contributed by atoms with Crippen molar-refractivity contribution in [1.82, 2.24) is 19.9 Å². The quantitative estimate of drug-likeness (QED) is 0.343. The second-order valence-corrected chi connectivity index (χ2v) is 6.64. The number of pyridine rings is 1. The van der Waals surface area contributed by atoms with Crippen molar-refractivity contribution in [2.45, 2.75) is 24.8 Å². The fourth-order valence-electron chi connectivity index (χ4n) is 1.83. The summed E-state index contributed by atoms with van der Waals surface area (Å²) in [7, 11) is 0. The van der Waals surface area contributed by atoms with E-state index in [2.05, 4.69) is 15.3 Å². The van der Waals surface area contributed by atoms with Crippen LogP contribution in [0.2, 0.25) is 10.0 Å². The highest BCUT2D eigenvalue weighted by Crippen LogP contribution is 2.29. The van der Waals surface area contributed by atoms with Gasteiger partial charge in [-0.3, -0.25) is 15.1 Å². The Morgan fingerprint density at radius 1 is 1.36 bits per heavy atom. The molecule has 0 saturated carbocycles. The van der Waals surface area contributed by atoms with Crippen LogP contribution in [-0.4, -0.2) is 33.9 Å². The first-order valence-corrected chi connectivity index (χ1v) is 9.07. The number of aryl methyl sites for hydroxylation is 1. The molecule has 0 unspecified atom stereocenters. The Balaban J connectivity index is 2.27. The minimum Gasteiger partial charge on any atom is -0.433 e. The first-order chi connectivity index (χ1) is 11.9. The molecule has 2 rings (SSSR count). The van der Waals surface area contributed by atoms with Gasteiger partial charge in [-0.25, -0.2) is 9.78 Å². The predicted molar refractivity (Wildman–Crippen MR) is 97.5 cm³/mol. The van der Waals surface area contributed by atoms with E-state index >= 15 is 0 Å². The zero-order valence-corrected chi connectivity index (χ0v) is 15.9. The van der Waals surface area contributed by atoms with Gasteiger partial charge < -0.3 is 4.74 Å². The maximum atomic E-state index is 12.2. The molecule has 0 fully saturated rings. The van der Waals surface area contributed by atoms with Crippen LogP contribution in [0.15, 0.2) is 28.4 Å². The molecule has 134 valence electrons. The Morgan fingerprint density at radius 3 is 2.68 bits per heavy atom. The number of nitrogens with one attached hydrogen (secondary N) is 1. The molecule has 0 aromatic carbocycles. The van der Waals surface area contributed by atoms with Gasteiger partial charge in [-0.2, -0.15) is 4.57 Å². The Morgan fingerprint density at radius 2 is 2.04 bits per heavy atom. The average Bonchev–Trinajstić information content (AvgIpc) is 2.54. The topological polar surface area (TPSA) is 86.1 Å². The third-order valence-corrected chi connectivity index (χ3v) is 4.66. The minimum atomic E-state index is -0.798. The number of carbonyl (C=O) groups is 1. The third-order valence-electron chi connectivity index (χ3n) is 3.04. The van der Waals surface area contributed by atoms with Crippen molar-refractivity contribution in [3.8, 4) is 0 Å². The van der Waals surface area contributed by atoms with Crippen LogP contribution in [0.5, 0.6) is 0 Å². The predicted octanol–water partition coefficient (Wildman–Crippen LogP) is 3.10. The molecular formula is C15H16Cl2N4O3S. The van der Waals surface area contributed by atoms with Gasteiger partial charge in [0, 0.05) is 35.5 Å². The number of rotatable bonds is 6. The molecule has 0 aliphatic carbocycles.